The van der Waals surface area contributed by atoms with E-state index in [9.17, 15) is 9.90 Å². The van der Waals surface area contributed by atoms with Gasteiger partial charge in [-0.2, -0.15) is 0 Å². The Morgan fingerprint density at radius 1 is 1.50 bits per heavy atom. The Morgan fingerprint density at radius 3 is 2.67 bits per heavy atom. The minimum Gasteiger partial charge on any atom is -0.506 e. The van der Waals surface area contributed by atoms with Gasteiger partial charge in [0.1, 0.15) is 5.75 Å². The summed E-state index contributed by atoms with van der Waals surface area (Å²) in [5.74, 6) is -0.333. The Bertz CT molecular complexity index is 429. The third kappa shape index (κ3) is 4.76. The lowest BCUT2D eigenvalue weighted by molar-refractivity contribution is -0.143. The molecule has 18 heavy (non-hydrogen) atoms. The number of ether oxygens (including phenoxy) is 1. The molecule has 0 aliphatic heterocycles. The molecule has 0 amide bonds. The van der Waals surface area contributed by atoms with Crippen molar-refractivity contribution in [3.63, 3.8) is 0 Å². The summed E-state index contributed by atoms with van der Waals surface area (Å²) in [6.45, 7) is 2.05. The van der Waals surface area contributed by atoms with E-state index in [0.717, 1.165) is 4.47 Å². The highest BCUT2D eigenvalue weighted by molar-refractivity contribution is 9.11. The van der Waals surface area contributed by atoms with Gasteiger partial charge < -0.3 is 15.6 Å². The quantitative estimate of drug-likeness (QED) is 0.757. The number of phenolic OH excluding ortho intramolecular Hbond substituents is 1. The number of carbonyl (C=O) groups is 1. The van der Waals surface area contributed by atoms with Crippen LogP contribution in [0.15, 0.2) is 21.1 Å². The fourth-order valence-electron chi connectivity index (χ4n) is 1.38. The van der Waals surface area contributed by atoms with Crippen molar-refractivity contribution in [2.75, 3.05) is 6.61 Å². The second kappa shape index (κ2) is 7.99. The smallest absolute Gasteiger partial charge is 0.307 e. The Morgan fingerprint density at radius 2 is 2.11 bits per heavy atom. The molecule has 1 aromatic rings. The topological polar surface area (TPSA) is 72.5 Å². The molecule has 0 fully saturated rings. The zero-order chi connectivity index (χ0) is 13.0. The van der Waals surface area contributed by atoms with Crippen LogP contribution in [0.1, 0.15) is 24.9 Å². The first-order valence-corrected chi connectivity index (χ1v) is 6.63. The highest BCUT2D eigenvalue weighted by Gasteiger charge is 2.18. The lowest BCUT2D eigenvalue weighted by atomic mass is 10.0. The van der Waals surface area contributed by atoms with E-state index >= 15 is 0 Å². The summed E-state index contributed by atoms with van der Waals surface area (Å²) in [6, 6.07) is 2.79. The molecule has 1 rings (SSSR count). The second-order valence-corrected chi connectivity index (χ2v) is 5.21. The van der Waals surface area contributed by atoms with Crippen molar-refractivity contribution in [2.24, 2.45) is 5.73 Å². The molecule has 3 N–H and O–H groups in total. The molecule has 0 aliphatic carbocycles. The number of rotatable bonds is 4. The lowest BCUT2D eigenvalue weighted by Gasteiger charge is -2.14. The minimum atomic E-state index is -0.595. The SMILES string of the molecule is CCOC(=O)C[C@H](N)c1cc(Br)cc(Br)c1O.Cl. The maximum absolute atomic E-state index is 11.3. The minimum absolute atomic E-state index is 0. The molecule has 1 aromatic carbocycles. The van der Waals surface area contributed by atoms with Gasteiger partial charge in [-0.1, -0.05) is 15.9 Å². The first-order valence-electron chi connectivity index (χ1n) is 5.04. The van der Waals surface area contributed by atoms with E-state index in [0.29, 0.717) is 16.6 Å². The Labute approximate surface area is 129 Å². The van der Waals surface area contributed by atoms with Crippen molar-refractivity contribution < 1.29 is 14.6 Å². The van der Waals surface area contributed by atoms with Crippen LogP contribution in [0.25, 0.3) is 0 Å². The summed E-state index contributed by atoms with van der Waals surface area (Å²) in [5, 5.41) is 9.84. The average molecular weight is 403 g/mol. The molecule has 7 heteroatoms. The summed E-state index contributed by atoms with van der Waals surface area (Å²) >= 11 is 6.51. The molecule has 4 nitrogen and oxygen atoms in total. The van der Waals surface area contributed by atoms with Crippen LogP contribution in [0.2, 0.25) is 0 Å². The molecule has 1 atom stereocenters. The van der Waals surface area contributed by atoms with Crippen LogP contribution in [0.4, 0.5) is 0 Å². The molecular formula is C11H14Br2ClNO3. The van der Waals surface area contributed by atoms with E-state index in [-0.39, 0.29) is 30.5 Å². The highest BCUT2D eigenvalue weighted by atomic mass is 79.9. The molecule has 0 aromatic heterocycles. The van der Waals surface area contributed by atoms with Crippen molar-refractivity contribution in [1.29, 1.82) is 0 Å². The number of hydrogen-bond acceptors (Lipinski definition) is 4. The largest absolute Gasteiger partial charge is 0.506 e. The van der Waals surface area contributed by atoms with E-state index in [4.69, 9.17) is 10.5 Å². The molecule has 0 saturated carbocycles. The van der Waals surface area contributed by atoms with Crippen molar-refractivity contribution in [3.05, 3.63) is 26.6 Å². The number of carbonyl (C=O) groups excluding carboxylic acids is 1. The summed E-state index contributed by atoms with van der Waals surface area (Å²) < 4.78 is 6.11. The molecule has 0 radical (unpaired) electrons. The van der Waals surface area contributed by atoms with Crippen LogP contribution >= 0.6 is 44.3 Å². The summed E-state index contributed by atoms with van der Waals surface area (Å²) in [4.78, 5) is 11.3. The van der Waals surface area contributed by atoms with Crippen molar-refractivity contribution in [1.82, 2.24) is 0 Å². The van der Waals surface area contributed by atoms with Gasteiger partial charge in [0, 0.05) is 16.1 Å². The standard InChI is InChI=1S/C11H13Br2NO3.ClH/c1-2-17-10(15)5-9(14)7-3-6(12)4-8(13)11(7)16;/h3-4,9,16H,2,5,14H2,1H3;1H/t9-;/m0./s1. The monoisotopic (exact) mass is 401 g/mol. The van der Waals surface area contributed by atoms with E-state index in [2.05, 4.69) is 31.9 Å². The van der Waals surface area contributed by atoms with Crippen LogP contribution in [0, 0.1) is 0 Å². The molecule has 0 heterocycles. The molecule has 0 saturated heterocycles. The lowest BCUT2D eigenvalue weighted by Crippen LogP contribution is -2.17. The number of aromatic hydroxyl groups is 1. The van der Waals surface area contributed by atoms with E-state index < -0.39 is 6.04 Å². The van der Waals surface area contributed by atoms with Crippen molar-refractivity contribution in [2.45, 2.75) is 19.4 Å². The number of nitrogens with two attached hydrogens (primary N) is 1. The maximum atomic E-state index is 11.3. The molecule has 0 bridgehead atoms. The third-order valence-corrected chi connectivity index (χ3v) is 3.21. The Hall–Kier alpha value is -0.300. The molecular weight excluding hydrogens is 389 g/mol. The van der Waals surface area contributed by atoms with Gasteiger partial charge in [-0.05, 0) is 35.0 Å². The van der Waals surface area contributed by atoms with Gasteiger partial charge in [-0.3, -0.25) is 4.79 Å². The van der Waals surface area contributed by atoms with Crippen molar-refractivity contribution in [3.8, 4) is 5.75 Å². The fraction of sp³-hybridized carbons (Fsp3) is 0.364. The summed E-state index contributed by atoms with van der Waals surface area (Å²) in [7, 11) is 0. The highest BCUT2D eigenvalue weighted by Crippen LogP contribution is 2.35. The number of benzene rings is 1. The van der Waals surface area contributed by atoms with E-state index in [1.165, 1.54) is 0 Å². The number of hydrogen-bond donors (Lipinski definition) is 2. The molecule has 102 valence electrons. The first-order chi connectivity index (χ1) is 7.95. The molecule has 0 spiro atoms. The maximum Gasteiger partial charge on any atom is 0.307 e. The van der Waals surface area contributed by atoms with Gasteiger partial charge in [0.05, 0.1) is 17.5 Å². The zero-order valence-corrected chi connectivity index (χ0v) is 13.6. The van der Waals surface area contributed by atoms with E-state index in [1.807, 2.05) is 0 Å². The molecule has 0 unspecified atom stereocenters. The average Bonchev–Trinajstić information content (AvgIpc) is 2.23. The van der Waals surface area contributed by atoms with Gasteiger partial charge >= 0.3 is 5.97 Å². The van der Waals surface area contributed by atoms with Gasteiger partial charge in [-0.15, -0.1) is 12.4 Å². The van der Waals surface area contributed by atoms with Crippen molar-refractivity contribution >= 4 is 50.2 Å². The zero-order valence-electron chi connectivity index (χ0n) is 9.65. The van der Waals surface area contributed by atoms with Gasteiger partial charge in [0.2, 0.25) is 0 Å². The van der Waals surface area contributed by atoms with Gasteiger partial charge in [0.15, 0.2) is 0 Å². The van der Waals surface area contributed by atoms with Crippen LogP contribution < -0.4 is 5.73 Å². The number of phenols is 1. The van der Waals surface area contributed by atoms with E-state index in [1.54, 1.807) is 19.1 Å². The van der Waals surface area contributed by atoms with Crippen LogP contribution in [-0.2, 0) is 9.53 Å². The van der Waals surface area contributed by atoms with Gasteiger partial charge in [-0.25, -0.2) is 0 Å². The normalized spacial score (nSPS) is 11.6. The Balaban J connectivity index is 0.00000289. The molecule has 0 aliphatic rings. The summed E-state index contributed by atoms with van der Waals surface area (Å²) in [5.41, 5.74) is 6.36. The van der Waals surface area contributed by atoms with Crippen LogP contribution in [0.3, 0.4) is 0 Å². The predicted molar refractivity (Wildman–Crippen MR) is 78.9 cm³/mol. The first kappa shape index (κ1) is 17.7. The summed E-state index contributed by atoms with van der Waals surface area (Å²) in [6.07, 6.45) is 0.0320. The van der Waals surface area contributed by atoms with Crippen LogP contribution in [-0.4, -0.2) is 17.7 Å². The number of esters is 1. The third-order valence-electron chi connectivity index (χ3n) is 2.15. The second-order valence-electron chi connectivity index (χ2n) is 3.44. The van der Waals surface area contributed by atoms with Crippen LogP contribution in [0.5, 0.6) is 5.75 Å². The fourth-order valence-corrected chi connectivity index (χ4v) is 2.64. The number of halogens is 3. The Kier molecular flexibility index (Phi) is 7.86. The van der Waals surface area contributed by atoms with Gasteiger partial charge in [0.25, 0.3) is 0 Å². The predicted octanol–water partition coefficient (Wildman–Crippen LogP) is 3.29.